The van der Waals surface area contributed by atoms with Gasteiger partial charge in [0.15, 0.2) is 0 Å². The number of para-hydroxylation sites is 1. The third-order valence-corrected chi connectivity index (χ3v) is 7.53. The Labute approximate surface area is 231 Å². The van der Waals surface area contributed by atoms with Gasteiger partial charge >= 0.3 is 0 Å². The first-order chi connectivity index (χ1) is 19.6. The van der Waals surface area contributed by atoms with E-state index in [1.807, 2.05) is 47.9 Å². The fourth-order valence-corrected chi connectivity index (χ4v) is 5.42. The lowest BCUT2D eigenvalue weighted by molar-refractivity contribution is 0.102. The number of aromatic amines is 1. The predicted octanol–water partition coefficient (Wildman–Crippen LogP) is 4.31. The van der Waals surface area contributed by atoms with Crippen molar-refractivity contribution in [3.63, 3.8) is 0 Å². The van der Waals surface area contributed by atoms with Crippen LogP contribution in [0.1, 0.15) is 35.9 Å². The summed E-state index contributed by atoms with van der Waals surface area (Å²) in [5.74, 6) is 1.49. The lowest BCUT2D eigenvalue weighted by Gasteiger charge is -2.35. The lowest BCUT2D eigenvalue weighted by atomic mass is 9.95. The molecule has 10 nitrogen and oxygen atoms in total. The van der Waals surface area contributed by atoms with E-state index in [2.05, 4.69) is 36.9 Å². The van der Waals surface area contributed by atoms with Gasteiger partial charge in [0.05, 0.1) is 10.9 Å². The Morgan fingerprint density at radius 3 is 2.55 bits per heavy atom. The Morgan fingerprint density at radius 2 is 1.80 bits per heavy atom. The number of tetrazole rings is 1. The number of fused-ring (bicyclic) bond motifs is 1. The van der Waals surface area contributed by atoms with Crippen LogP contribution in [0, 0.1) is 5.92 Å². The van der Waals surface area contributed by atoms with Crippen LogP contribution in [0.4, 0.5) is 11.4 Å². The first-order valence-corrected chi connectivity index (χ1v) is 13.6. The first-order valence-electron chi connectivity index (χ1n) is 13.6. The minimum atomic E-state index is -0.217. The lowest BCUT2D eigenvalue weighted by Crippen LogP contribution is -2.37. The van der Waals surface area contributed by atoms with E-state index in [0.717, 1.165) is 43.0 Å². The molecule has 202 valence electrons. The highest BCUT2D eigenvalue weighted by atomic mass is 16.1. The largest absolute Gasteiger partial charge is 0.371 e. The van der Waals surface area contributed by atoms with E-state index in [4.69, 9.17) is 4.98 Å². The molecule has 1 aliphatic heterocycles. The first kappa shape index (κ1) is 25.4. The number of piperidine rings is 1. The van der Waals surface area contributed by atoms with Crippen molar-refractivity contribution < 1.29 is 4.79 Å². The Balaban J connectivity index is 1.20. The highest BCUT2D eigenvalue weighted by molar-refractivity contribution is 6.05. The van der Waals surface area contributed by atoms with Gasteiger partial charge in [-0.05, 0) is 66.4 Å². The van der Waals surface area contributed by atoms with E-state index in [9.17, 15) is 9.59 Å². The third-order valence-electron chi connectivity index (χ3n) is 7.53. The molecule has 0 spiro atoms. The molecule has 2 N–H and O–H groups in total. The Morgan fingerprint density at radius 1 is 1.02 bits per heavy atom. The van der Waals surface area contributed by atoms with Crippen LogP contribution in [0.3, 0.4) is 0 Å². The topological polar surface area (TPSA) is 122 Å². The fraction of sp³-hybridized carbons (Fsp3) is 0.267. The molecule has 0 atom stereocenters. The van der Waals surface area contributed by atoms with Crippen LogP contribution in [0.15, 0.2) is 77.6 Å². The van der Waals surface area contributed by atoms with Crippen molar-refractivity contribution in [3.05, 3.63) is 94.5 Å². The highest BCUT2D eigenvalue weighted by Crippen LogP contribution is 2.31. The molecule has 1 fully saturated rings. The zero-order valence-electron chi connectivity index (χ0n) is 22.2. The van der Waals surface area contributed by atoms with Crippen molar-refractivity contribution >= 4 is 28.2 Å². The number of hydrogen-bond donors (Lipinski definition) is 2. The average Bonchev–Trinajstić information content (AvgIpc) is 3.55. The van der Waals surface area contributed by atoms with Gasteiger partial charge < -0.3 is 10.2 Å². The van der Waals surface area contributed by atoms with Crippen molar-refractivity contribution in [2.75, 3.05) is 23.3 Å². The maximum atomic E-state index is 13.7. The third kappa shape index (κ3) is 5.07. The van der Waals surface area contributed by atoms with Gasteiger partial charge in [-0.25, -0.2) is 4.98 Å². The number of aryl methyl sites for hydroxylation is 1. The summed E-state index contributed by atoms with van der Waals surface area (Å²) < 4.78 is 1.83. The second-order valence-corrected chi connectivity index (χ2v) is 10.0. The smallest absolute Gasteiger partial charge is 0.261 e. The summed E-state index contributed by atoms with van der Waals surface area (Å²) in [4.78, 5) is 33.6. The number of benzene rings is 3. The van der Waals surface area contributed by atoms with Crippen molar-refractivity contribution in [2.45, 2.75) is 32.7 Å². The maximum absolute atomic E-state index is 13.7. The van der Waals surface area contributed by atoms with Gasteiger partial charge in [-0.3, -0.25) is 14.2 Å². The zero-order chi connectivity index (χ0) is 27.5. The molecule has 6 rings (SSSR count). The number of nitrogens with zero attached hydrogens (tertiary/aromatic N) is 6. The van der Waals surface area contributed by atoms with E-state index in [-0.39, 0.29) is 11.5 Å². The summed E-state index contributed by atoms with van der Waals surface area (Å²) in [5.41, 5.74) is 3.75. The molecule has 5 aromatic rings. The van der Waals surface area contributed by atoms with Gasteiger partial charge in [0.25, 0.3) is 11.5 Å². The van der Waals surface area contributed by atoms with Crippen molar-refractivity contribution in [1.29, 1.82) is 0 Å². The van der Waals surface area contributed by atoms with Crippen LogP contribution in [-0.4, -0.2) is 49.2 Å². The molecule has 0 unspecified atom stereocenters. The van der Waals surface area contributed by atoms with Gasteiger partial charge in [-0.2, -0.15) is 5.21 Å². The van der Waals surface area contributed by atoms with Gasteiger partial charge in [0.2, 0.25) is 5.82 Å². The average molecular weight is 535 g/mol. The molecule has 1 amide bonds. The minimum absolute atomic E-state index is 0.0671. The van der Waals surface area contributed by atoms with Crippen LogP contribution in [0.2, 0.25) is 0 Å². The van der Waals surface area contributed by atoms with Gasteiger partial charge in [0, 0.05) is 48.6 Å². The summed E-state index contributed by atoms with van der Waals surface area (Å²) in [6.07, 6.45) is 2.55. The van der Waals surface area contributed by atoms with Crippen LogP contribution < -0.4 is 15.8 Å². The van der Waals surface area contributed by atoms with E-state index < -0.39 is 0 Å². The molecule has 0 bridgehead atoms. The molecule has 1 aliphatic rings. The van der Waals surface area contributed by atoms with Crippen LogP contribution in [0.25, 0.3) is 22.3 Å². The number of carbonyl (C=O) groups is 1. The fourth-order valence-electron chi connectivity index (χ4n) is 5.42. The molecule has 0 saturated carbocycles. The quantitative estimate of drug-likeness (QED) is 0.319. The molecular formula is C30H30N8O2. The van der Waals surface area contributed by atoms with Crippen LogP contribution in [-0.2, 0) is 13.0 Å². The number of anilines is 2. The van der Waals surface area contributed by atoms with Crippen molar-refractivity contribution in [3.8, 4) is 11.4 Å². The molecule has 3 aromatic carbocycles. The van der Waals surface area contributed by atoms with Crippen molar-refractivity contribution in [2.24, 2.45) is 5.92 Å². The summed E-state index contributed by atoms with van der Waals surface area (Å²) >= 11 is 0. The number of hydrogen-bond acceptors (Lipinski definition) is 7. The van der Waals surface area contributed by atoms with Gasteiger partial charge in [0.1, 0.15) is 5.82 Å². The summed E-state index contributed by atoms with van der Waals surface area (Å²) in [7, 11) is 0. The predicted molar refractivity (Wildman–Crippen MR) is 154 cm³/mol. The second-order valence-electron chi connectivity index (χ2n) is 10.0. The normalized spacial score (nSPS) is 14.0. The number of amides is 1. The number of aromatic nitrogens is 6. The van der Waals surface area contributed by atoms with E-state index in [0.29, 0.717) is 46.9 Å². The maximum Gasteiger partial charge on any atom is 0.261 e. The number of carbonyl (C=O) groups excluding carboxylic acids is 1. The summed E-state index contributed by atoms with van der Waals surface area (Å²) in [5, 5.41) is 18.0. The van der Waals surface area contributed by atoms with E-state index in [1.165, 1.54) is 0 Å². The molecule has 10 heteroatoms. The van der Waals surface area contributed by atoms with E-state index in [1.54, 1.807) is 30.3 Å². The molecule has 0 aliphatic carbocycles. The second kappa shape index (κ2) is 11.1. The minimum Gasteiger partial charge on any atom is -0.371 e. The zero-order valence-corrected chi connectivity index (χ0v) is 22.2. The SMILES string of the molecule is CCc1nc2ccc(NC(=O)c3ccccc3)cc2c(=O)n1CC1CCN(c2ccccc2-c2nn[nH]n2)CC1. The van der Waals surface area contributed by atoms with Crippen molar-refractivity contribution in [1.82, 2.24) is 30.2 Å². The van der Waals surface area contributed by atoms with Gasteiger partial charge in [-0.1, -0.05) is 37.3 Å². The molecule has 2 aromatic heterocycles. The van der Waals surface area contributed by atoms with Crippen LogP contribution >= 0.6 is 0 Å². The standard InChI is InChI=1S/C30H30N8O2/c1-2-27-32-25-13-12-22(31-29(39)21-8-4-3-5-9-21)18-24(25)30(40)38(27)19-20-14-16-37(17-15-20)26-11-7-6-10-23(26)28-33-35-36-34-28/h3-13,18,20H,2,14-17,19H2,1H3,(H,31,39)(H,33,34,35,36). The Hall–Kier alpha value is -4.86. The monoisotopic (exact) mass is 534 g/mol. The molecule has 3 heterocycles. The summed E-state index contributed by atoms with van der Waals surface area (Å²) in [6, 6.07) is 22.5. The van der Waals surface area contributed by atoms with Gasteiger partial charge in [-0.15, -0.1) is 10.2 Å². The highest BCUT2D eigenvalue weighted by Gasteiger charge is 2.24. The Kier molecular flexibility index (Phi) is 7.05. The summed E-state index contributed by atoms with van der Waals surface area (Å²) in [6.45, 7) is 4.38. The number of rotatable bonds is 7. The number of nitrogens with one attached hydrogen (secondary N) is 2. The Bertz CT molecular complexity index is 1690. The molecule has 0 radical (unpaired) electrons. The van der Waals surface area contributed by atoms with Crippen LogP contribution in [0.5, 0.6) is 0 Å². The molecule has 1 saturated heterocycles. The van der Waals surface area contributed by atoms with E-state index >= 15 is 0 Å². The molecule has 40 heavy (non-hydrogen) atoms. The number of H-pyrrole nitrogens is 1. The molecular weight excluding hydrogens is 504 g/mol.